The lowest BCUT2D eigenvalue weighted by atomic mass is 10.1. The van der Waals surface area contributed by atoms with Crippen molar-refractivity contribution in [2.24, 2.45) is 0 Å². The third-order valence-electron chi connectivity index (χ3n) is 3.09. The number of hydrogen-bond donors (Lipinski definition) is 1. The van der Waals surface area contributed by atoms with Crippen molar-refractivity contribution in [3.63, 3.8) is 0 Å². The summed E-state index contributed by atoms with van der Waals surface area (Å²) >= 11 is 0. The standard InChI is InChI=1S/C14H21FN2O2.ClH/c1-11(12-6-4-5-7-13(12)15)17(2)14(18)10-16-8-9-19-3;/h4-7,11,16H,8-10H2,1-3H3;1H. The second-order valence-electron chi connectivity index (χ2n) is 4.37. The molecule has 0 aliphatic carbocycles. The van der Waals surface area contributed by atoms with E-state index in [1.807, 2.05) is 6.92 Å². The van der Waals surface area contributed by atoms with Crippen LogP contribution in [0.3, 0.4) is 0 Å². The highest BCUT2D eigenvalue weighted by Crippen LogP contribution is 2.21. The number of nitrogens with one attached hydrogen (secondary N) is 1. The lowest BCUT2D eigenvalue weighted by Gasteiger charge is -2.25. The molecule has 0 saturated carbocycles. The first-order valence-corrected chi connectivity index (χ1v) is 6.27. The van der Waals surface area contributed by atoms with Crippen molar-refractivity contribution < 1.29 is 13.9 Å². The van der Waals surface area contributed by atoms with Crippen LogP contribution in [-0.4, -0.2) is 44.7 Å². The Morgan fingerprint density at radius 3 is 2.70 bits per heavy atom. The van der Waals surface area contributed by atoms with Crippen molar-refractivity contribution in [3.05, 3.63) is 35.6 Å². The van der Waals surface area contributed by atoms with Crippen molar-refractivity contribution in [2.75, 3.05) is 33.9 Å². The van der Waals surface area contributed by atoms with Crippen LogP contribution in [-0.2, 0) is 9.53 Å². The summed E-state index contributed by atoms with van der Waals surface area (Å²) in [4.78, 5) is 13.5. The fourth-order valence-electron chi connectivity index (χ4n) is 1.73. The van der Waals surface area contributed by atoms with E-state index >= 15 is 0 Å². The van der Waals surface area contributed by atoms with E-state index in [9.17, 15) is 9.18 Å². The Bertz CT molecular complexity index is 418. The maximum Gasteiger partial charge on any atom is 0.236 e. The normalized spacial score (nSPS) is 11.6. The molecule has 1 atom stereocenters. The van der Waals surface area contributed by atoms with Gasteiger partial charge in [-0.25, -0.2) is 4.39 Å². The summed E-state index contributed by atoms with van der Waals surface area (Å²) in [5.41, 5.74) is 0.523. The molecule has 0 aliphatic rings. The summed E-state index contributed by atoms with van der Waals surface area (Å²) in [6.45, 7) is 3.20. The molecule has 6 heteroatoms. The molecule has 114 valence electrons. The van der Waals surface area contributed by atoms with Crippen LogP contribution in [0, 0.1) is 5.82 Å². The molecule has 4 nitrogen and oxygen atoms in total. The first-order chi connectivity index (χ1) is 9.07. The van der Waals surface area contributed by atoms with Crippen LogP contribution in [0.15, 0.2) is 24.3 Å². The fourth-order valence-corrected chi connectivity index (χ4v) is 1.73. The van der Waals surface area contributed by atoms with Gasteiger partial charge < -0.3 is 15.0 Å². The molecule has 0 heterocycles. The number of benzene rings is 1. The highest BCUT2D eigenvalue weighted by molar-refractivity contribution is 5.85. The molecule has 1 aromatic rings. The van der Waals surface area contributed by atoms with Crippen LogP contribution < -0.4 is 5.32 Å². The zero-order valence-corrected chi connectivity index (χ0v) is 12.9. The number of hydrogen-bond acceptors (Lipinski definition) is 3. The summed E-state index contributed by atoms with van der Waals surface area (Å²) < 4.78 is 18.5. The number of amides is 1. The van der Waals surface area contributed by atoms with Crippen molar-refractivity contribution in [3.8, 4) is 0 Å². The van der Waals surface area contributed by atoms with Gasteiger partial charge in [0.05, 0.1) is 19.2 Å². The van der Waals surface area contributed by atoms with Gasteiger partial charge in [0.1, 0.15) is 5.82 Å². The zero-order chi connectivity index (χ0) is 14.3. The molecular formula is C14H22ClFN2O2. The number of nitrogens with zero attached hydrogens (tertiary/aromatic N) is 1. The average Bonchev–Trinajstić information content (AvgIpc) is 2.42. The molecule has 20 heavy (non-hydrogen) atoms. The highest BCUT2D eigenvalue weighted by atomic mass is 35.5. The number of likely N-dealkylation sites (N-methyl/N-ethyl adjacent to an activating group) is 1. The minimum absolute atomic E-state index is 0. The van der Waals surface area contributed by atoms with Crippen molar-refractivity contribution in [1.29, 1.82) is 0 Å². The molecule has 0 spiro atoms. The molecule has 1 N–H and O–H groups in total. The van der Waals surface area contributed by atoms with E-state index in [1.165, 1.54) is 11.0 Å². The van der Waals surface area contributed by atoms with Gasteiger partial charge in [-0.05, 0) is 13.0 Å². The monoisotopic (exact) mass is 304 g/mol. The van der Waals surface area contributed by atoms with Gasteiger partial charge in [-0.3, -0.25) is 4.79 Å². The van der Waals surface area contributed by atoms with Gasteiger partial charge >= 0.3 is 0 Å². The van der Waals surface area contributed by atoms with Crippen LogP contribution in [0.2, 0.25) is 0 Å². The third-order valence-corrected chi connectivity index (χ3v) is 3.09. The Labute approximate surface area is 125 Å². The number of ether oxygens (including phenoxy) is 1. The first-order valence-electron chi connectivity index (χ1n) is 6.27. The predicted molar refractivity (Wildman–Crippen MR) is 79.6 cm³/mol. The largest absolute Gasteiger partial charge is 0.383 e. The van der Waals surface area contributed by atoms with E-state index in [1.54, 1.807) is 32.4 Å². The van der Waals surface area contributed by atoms with Crippen molar-refractivity contribution >= 4 is 18.3 Å². The molecule has 0 bridgehead atoms. The minimum Gasteiger partial charge on any atom is -0.383 e. The molecule has 1 rings (SSSR count). The van der Waals surface area contributed by atoms with Gasteiger partial charge in [0.25, 0.3) is 0 Å². The number of rotatable bonds is 7. The van der Waals surface area contributed by atoms with Gasteiger partial charge in [-0.2, -0.15) is 0 Å². The van der Waals surface area contributed by atoms with Gasteiger partial charge in [0.2, 0.25) is 5.91 Å². The molecule has 1 amide bonds. The third kappa shape index (κ3) is 5.45. The molecule has 0 aromatic heterocycles. The lowest BCUT2D eigenvalue weighted by molar-refractivity contribution is -0.130. The lowest BCUT2D eigenvalue weighted by Crippen LogP contribution is -2.38. The summed E-state index contributed by atoms with van der Waals surface area (Å²) in [5.74, 6) is -0.367. The van der Waals surface area contributed by atoms with Crippen LogP contribution in [0.25, 0.3) is 0 Å². The molecule has 0 radical (unpaired) electrons. The van der Waals surface area contributed by atoms with Crippen LogP contribution in [0.1, 0.15) is 18.5 Å². The topological polar surface area (TPSA) is 41.6 Å². The SMILES string of the molecule is COCCNCC(=O)N(C)C(C)c1ccccc1F.Cl. The Kier molecular flexibility index (Phi) is 9.12. The number of methoxy groups -OCH3 is 1. The van der Waals surface area contributed by atoms with Crippen LogP contribution >= 0.6 is 12.4 Å². The quantitative estimate of drug-likeness (QED) is 0.784. The van der Waals surface area contributed by atoms with Gasteiger partial charge in [0.15, 0.2) is 0 Å². The summed E-state index contributed by atoms with van der Waals surface area (Å²) in [5, 5.41) is 2.98. The van der Waals surface area contributed by atoms with E-state index < -0.39 is 0 Å². The number of carbonyl (C=O) groups excluding carboxylic acids is 1. The van der Waals surface area contributed by atoms with Crippen molar-refractivity contribution in [1.82, 2.24) is 10.2 Å². The van der Waals surface area contributed by atoms with E-state index in [4.69, 9.17) is 4.74 Å². The van der Waals surface area contributed by atoms with Crippen molar-refractivity contribution in [2.45, 2.75) is 13.0 Å². The van der Waals surface area contributed by atoms with Gasteiger partial charge in [-0.1, -0.05) is 18.2 Å². The maximum atomic E-state index is 13.6. The zero-order valence-electron chi connectivity index (χ0n) is 12.1. The number of carbonyl (C=O) groups is 1. The van der Waals surface area contributed by atoms with Crippen LogP contribution in [0.4, 0.5) is 4.39 Å². The number of halogens is 2. The molecule has 1 unspecified atom stereocenters. The average molecular weight is 305 g/mol. The molecule has 1 aromatic carbocycles. The predicted octanol–water partition coefficient (Wildman–Crippen LogP) is 2.00. The van der Waals surface area contributed by atoms with E-state index in [0.29, 0.717) is 18.7 Å². The maximum absolute atomic E-state index is 13.6. The summed E-state index contributed by atoms with van der Waals surface area (Å²) in [6.07, 6.45) is 0. The Morgan fingerprint density at radius 2 is 2.10 bits per heavy atom. The Hall–Kier alpha value is -1.17. The summed E-state index contributed by atoms with van der Waals surface area (Å²) in [6, 6.07) is 6.21. The van der Waals surface area contributed by atoms with Gasteiger partial charge in [-0.15, -0.1) is 12.4 Å². The second-order valence-corrected chi connectivity index (χ2v) is 4.37. The van der Waals surface area contributed by atoms with E-state index in [0.717, 1.165) is 0 Å². The molecular weight excluding hydrogens is 283 g/mol. The van der Waals surface area contributed by atoms with E-state index in [2.05, 4.69) is 5.32 Å². The highest BCUT2D eigenvalue weighted by Gasteiger charge is 2.19. The smallest absolute Gasteiger partial charge is 0.236 e. The van der Waals surface area contributed by atoms with Crippen LogP contribution in [0.5, 0.6) is 0 Å². The van der Waals surface area contributed by atoms with Gasteiger partial charge in [0, 0.05) is 26.3 Å². The fraction of sp³-hybridized carbons (Fsp3) is 0.500. The molecule has 0 fully saturated rings. The second kappa shape index (κ2) is 9.69. The Morgan fingerprint density at radius 1 is 1.45 bits per heavy atom. The summed E-state index contributed by atoms with van der Waals surface area (Å²) in [7, 11) is 3.29. The first kappa shape index (κ1) is 18.8. The molecule has 0 saturated heterocycles. The molecule has 0 aliphatic heterocycles. The Balaban J connectivity index is 0.00000361. The minimum atomic E-state index is -0.294. The van der Waals surface area contributed by atoms with E-state index in [-0.39, 0.29) is 36.7 Å².